The summed E-state index contributed by atoms with van der Waals surface area (Å²) in [6.45, 7) is 3.18. The monoisotopic (exact) mass is 345 g/mol. The van der Waals surface area contributed by atoms with E-state index in [-0.39, 0.29) is 16.9 Å². The van der Waals surface area contributed by atoms with Crippen LogP contribution in [0.15, 0.2) is 17.1 Å². The highest BCUT2D eigenvalue weighted by atomic mass is 19.1. The van der Waals surface area contributed by atoms with Crippen molar-refractivity contribution in [2.75, 3.05) is 38.1 Å². The van der Waals surface area contributed by atoms with E-state index in [0.29, 0.717) is 11.2 Å². The molecule has 0 atom stereocenters. The highest BCUT2D eigenvalue weighted by molar-refractivity contribution is 5.95. The summed E-state index contributed by atoms with van der Waals surface area (Å²) in [4.78, 5) is 30.9. The van der Waals surface area contributed by atoms with Crippen molar-refractivity contribution in [3.05, 3.63) is 39.4 Å². The van der Waals surface area contributed by atoms with Gasteiger partial charge in [0.05, 0.1) is 11.2 Å². The summed E-state index contributed by atoms with van der Waals surface area (Å²) in [6.07, 6.45) is 3.15. The van der Waals surface area contributed by atoms with E-state index < -0.39 is 17.2 Å². The molecule has 2 heterocycles. The molecular weight excluding hydrogens is 325 g/mol. The van der Waals surface area contributed by atoms with Crippen molar-refractivity contribution < 1.29 is 14.3 Å². The van der Waals surface area contributed by atoms with Gasteiger partial charge in [-0.3, -0.25) is 4.79 Å². The first-order valence-corrected chi connectivity index (χ1v) is 8.52. The molecule has 1 saturated heterocycles. The van der Waals surface area contributed by atoms with Crippen LogP contribution in [0, 0.1) is 5.82 Å². The van der Waals surface area contributed by atoms with Gasteiger partial charge in [-0.25, -0.2) is 9.18 Å². The number of nitrogens with zero attached hydrogens (tertiary/aromatic N) is 2. The van der Waals surface area contributed by atoms with Gasteiger partial charge in [-0.05, 0) is 31.9 Å². The number of rotatable bonds is 3. The summed E-state index contributed by atoms with van der Waals surface area (Å²) in [6, 6.07) is 1.19. The Bertz CT molecular complexity index is 912. The lowest BCUT2D eigenvalue weighted by Crippen LogP contribution is -2.45. The summed E-state index contributed by atoms with van der Waals surface area (Å²) in [5.41, 5.74) is 0.983. The number of aromatic carboxylic acids is 1. The molecule has 1 aliphatic heterocycles. The van der Waals surface area contributed by atoms with E-state index in [9.17, 15) is 9.59 Å². The zero-order valence-corrected chi connectivity index (χ0v) is 14.0. The van der Waals surface area contributed by atoms with E-state index in [0.717, 1.165) is 44.6 Å². The van der Waals surface area contributed by atoms with Crippen molar-refractivity contribution in [3.8, 4) is 0 Å². The summed E-state index contributed by atoms with van der Waals surface area (Å²) in [5, 5.41) is 9.26. The van der Waals surface area contributed by atoms with Gasteiger partial charge in [0.2, 0.25) is 5.43 Å². The lowest BCUT2D eigenvalue weighted by atomic mass is 10.00. The van der Waals surface area contributed by atoms with Crippen LogP contribution in [-0.4, -0.2) is 54.2 Å². The molecule has 2 aliphatic rings. The van der Waals surface area contributed by atoms with E-state index in [2.05, 4.69) is 9.88 Å². The molecule has 2 N–H and O–H groups in total. The molecule has 1 aliphatic carbocycles. The molecule has 132 valence electrons. The van der Waals surface area contributed by atoms with E-state index in [1.807, 2.05) is 11.9 Å². The summed E-state index contributed by atoms with van der Waals surface area (Å²) >= 11 is 0. The number of nitrogens with one attached hydrogen (secondary N) is 1. The number of hydrogen-bond acceptors (Lipinski definition) is 4. The van der Waals surface area contributed by atoms with Gasteiger partial charge in [-0.1, -0.05) is 0 Å². The normalized spacial score (nSPS) is 18.7. The SMILES string of the molecule is CN1CCN(c2c(F)cc3c(=O)c(C(=O)O)c[nH]c3c2C2CC2)CC1. The molecule has 1 aromatic heterocycles. The molecular formula is C18H20FN3O3. The number of likely N-dealkylation sites (N-methyl/N-ethyl adjacent to an activating group) is 1. The van der Waals surface area contributed by atoms with Gasteiger partial charge in [0, 0.05) is 43.3 Å². The minimum absolute atomic E-state index is 0.122. The number of piperazine rings is 1. The Labute approximate surface area is 143 Å². The van der Waals surface area contributed by atoms with E-state index >= 15 is 4.39 Å². The van der Waals surface area contributed by atoms with Crippen molar-refractivity contribution in [2.24, 2.45) is 0 Å². The maximum Gasteiger partial charge on any atom is 0.341 e. The minimum Gasteiger partial charge on any atom is -0.477 e. The largest absolute Gasteiger partial charge is 0.477 e. The van der Waals surface area contributed by atoms with Crippen LogP contribution >= 0.6 is 0 Å². The summed E-state index contributed by atoms with van der Waals surface area (Å²) < 4.78 is 15.0. The number of carboxylic acids is 1. The molecule has 0 radical (unpaired) electrons. The van der Waals surface area contributed by atoms with Crippen LogP contribution in [0.5, 0.6) is 0 Å². The fourth-order valence-corrected chi connectivity index (χ4v) is 3.63. The maximum atomic E-state index is 15.0. The van der Waals surface area contributed by atoms with Crippen LogP contribution in [0.1, 0.15) is 34.7 Å². The Kier molecular flexibility index (Phi) is 3.76. The Balaban J connectivity index is 1.93. The standard InChI is InChI=1S/C18H20FN3O3/c1-21-4-6-22(7-5-21)16-13(19)8-11-15(14(16)10-2-3-10)20-9-12(17(11)23)18(24)25/h8-10H,2-7H2,1H3,(H,20,23)(H,24,25). The molecule has 7 heteroatoms. The molecule has 0 unspecified atom stereocenters. The van der Waals surface area contributed by atoms with Gasteiger partial charge in [-0.15, -0.1) is 0 Å². The van der Waals surface area contributed by atoms with Crippen molar-refractivity contribution in [2.45, 2.75) is 18.8 Å². The van der Waals surface area contributed by atoms with Gasteiger partial charge in [0.15, 0.2) is 0 Å². The predicted octanol–water partition coefficient (Wildman–Crippen LogP) is 1.99. The smallest absolute Gasteiger partial charge is 0.341 e. The molecule has 2 fully saturated rings. The molecule has 0 spiro atoms. The van der Waals surface area contributed by atoms with Crippen LogP contribution in [0.2, 0.25) is 0 Å². The second-order valence-corrected chi connectivity index (χ2v) is 6.94. The molecule has 0 amide bonds. The van der Waals surface area contributed by atoms with E-state index in [1.165, 1.54) is 12.3 Å². The van der Waals surface area contributed by atoms with Crippen LogP contribution in [0.3, 0.4) is 0 Å². The number of carboxylic acid groups (broad SMARTS) is 1. The predicted molar refractivity (Wildman–Crippen MR) is 93.2 cm³/mol. The average Bonchev–Trinajstić information content (AvgIpc) is 3.40. The number of pyridine rings is 1. The Morgan fingerprint density at radius 3 is 2.56 bits per heavy atom. The third-order valence-electron chi connectivity index (χ3n) is 5.18. The highest BCUT2D eigenvalue weighted by Gasteiger charge is 2.33. The molecule has 6 nitrogen and oxygen atoms in total. The van der Waals surface area contributed by atoms with Crippen LogP contribution < -0.4 is 10.3 Å². The first kappa shape index (κ1) is 16.1. The third kappa shape index (κ3) is 2.68. The Morgan fingerprint density at radius 2 is 1.96 bits per heavy atom. The highest BCUT2D eigenvalue weighted by Crippen LogP contribution is 2.48. The zero-order chi connectivity index (χ0) is 17.7. The Hall–Kier alpha value is -2.41. The Morgan fingerprint density at radius 1 is 1.28 bits per heavy atom. The van der Waals surface area contributed by atoms with Gasteiger partial charge in [0.1, 0.15) is 11.4 Å². The third-order valence-corrected chi connectivity index (χ3v) is 5.18. The molecule has 2 aromatic rings. The molecule has 4 rings (SSSR count). The summed E-state index contributed by atoms with van der Waals surface area (Å²) in [7, 11) is 2.04. The molecule has 25 heavy (non-hydrogen) atoms. The topological polar surface area (TPSA) is 76.6 Å². The zero-order valence-electron chi connectivity index (χ0n) is 14.0. The van der Waals surface area contributed by atoms with Gasteiger partial charge in [-0.2, -0.15) is 0 Å². The quantitative estimate of drug-likeness (QED) is 0.890. The fraction of sp³-hybridized carbons (Fsp3) is 0.444. The minimum atomic E-state index is -1.31. The average molecular weight is 345 g/mol. The fourth-order valence-electron chi connectivity index (χ4n) is 3.63. The second kappa shape index (κ2) is 5.84. The number of hydrogen-bond donors (Lipinski definition) is 2. The summed E-state index contributed by atoms with van der Waals surface area (Å²) in [5.74, 6) is -1.52. The number of fused-ring (bicyclic) bond motifs is 1. The molecule has 1 saturated carbocycles. The van der Waals surface area contributed by atoms with Crippen LogP contribution in [0.25, 0.3) is 10.9 Å². The number of anilines is 1. The van der Waals surface area contributed by atoms with Gasteiger partial charge < -0.3 is 19.9 Å². The van der Waals surface area contributed by atoms with Crippen molar-refractivity contribution in [1.29, 1.82) is 0 Å². The number of benzene rings is 1. The van der Waals surface area contributed by atoms with Crippen molar-refractivity contribution in [3.63, 3.8) is 0 Å². The van der Waals surface area contributed by atoms with Gasteiger partial charge in [0.25, 0.3) is 0 Å². The van der Waals surface area contributed by atoms with E-state index in [4.69, 9.17) is 5.11 Å². The number of halogens is 1. The van der Waals surface area contributed by atoms with Gasteiger partial charge >= 0.3 is 5.97 Å². The van der Waals surface area contributed by atoms with Crippen LogP contribution in [-0.2, 0) is 0 Å². The lowest BCUT2D eigenvalue weighted by Gasteiger charge is -2.35. The number of aromatic nitrogens is 1. The number of carbonyl (C=O) groups is 1. The second-order valence-electron chi connectivity index (χ2n) is 6.94. The van der Waals surface area contributed by atoms with Crippen LogP contribution in [0.4, 0.5) is 10.1 Å². The first-order chi connectivity index (χ1) is 12.0. The number of aromatic amines is 1. The van der Waals surface area contributed by atoms with Crippen molar-refractivity contribution >= 4 is 22.6 Å². The van der Waals surface area contributed by atoms with Crippen molar-refractivity contribution in [1.82, 2.24) is 9.88 Å². The van der Waals surface area contributed by atoms with E-state index in [1.54, 1.807) is 0 Å². The first-order valence-electron chi connectivity index (χ1n) is 8.52. The maximum absolute atomic E-state index is 15.0. The molecule has 0 bridgehead atoms. The molecule has 1 aromatic carbocycles. The lowest BCUT2D eigenvalue weighted by molar-refractivity contribution is 0.0695. The number of H-pyrrole nitrogens is 1.